The standard InChI is InChI=1S/C12H12BrNOS/c13-9-3-5-10(6-4-9)14-11(8-15)12-2-1-7-16-12/h1-7,11,14-15H,8H2. The van der Waals surface area contributed by atoms with Crippen molar-refractivity contribution in [1.82, 2.24) is 0 Å². The van der Waals surface area contributed by atoms with Gasteiger partial charge in [0.25, 0.3) is 0 Å². The van der Waals surface area contributed by atoms with Gasteiger partial charge in [-0.25, -0.2) is 0 Å². The second-order valence-corrected chi connectivity index (χ2v) is 5.30. The zero-order chi connectivity index (χ0) is 11.4. The summed E-state index contributed by atoms with van der Waals surface area (Å²) in [4.78, 5) is 1.14. The lowest BCUT2D eigenvalue weighted by Crippen LogP contribution is -2.13. The van der Waals surface area contributed by atoms with Gasteiger partial charge in [-0.2, -0.15) is 0 Å². The average Bonchev–Trinajstić information content (AvgIpc) is 2.82. The summed E-state index contributed by atoms with van der Waals surface area (Å²) in [6.45, 7) is 0.0938. The van der Waals surface area contributed by atoms with E-state index in [9.17, 15) is 5.11 Å². The van der Waals surface area contributed by atoms with E-state index in [1.54, 1.807) is 11.3 Å². The molecular formula is C12H12BrNOS. The van der Waals surface area contributed by atoms with Crippen molar-refractivity contribution in [3.05, 3.63) is 51.1 Å². The lowest BCUT2D eigenvalue weighted by molar-refractivity contribution is 0.278. The summed E-state index contributed by atoms with van der Waals surface area (Å²) < 4.78 is 1.05. The molecule has 1 atom stereocenters. The van der Waals surface area contributed by atoms with Crippen LogP contribution in [0.5, 0.6) is 0 Å². The van der Waals surface area contributed by atoms with Gasteiger partial charge in [-0.1, -0.05) is 22.0 Å². The molecule has 0 amide bonds. The quantitative estimate of drug-likeness (QED) is 0.903. The molecule has 0 aliphatic heterocycles. The molecule has 84 valence electrons. The molecule has 4 heteroatoms. The SMILES string of the molecule is OCC(Nc1ccc(Br)cc1)c1cccs1. The summed E-state index contributed by atoms with van der Waals surface area (Å²) in [6.07, 6.45) is 0. The van der Waals surface area contributed by atoms with Crippen molar-refractivity contribution in [2.24, 2.45) is 0 Å². The van der Waals surface area contributed by atoms with Crippen LogP contribution in [-0.2, 0) is 0 Å². The summed E-state index contributed by atoms with van der Waals surface area (Å²) in [5.41, 5.74) is 1.01. The number of nitrogens with one attached hydrogen (secondary N) is 1. The molecule has 0 fully saturated rings. The van der Waals surface area contributed by atoms with Crippen molar-refractivity contribution in [2.75, 3.05) is 11.9 Å². The molecule has 1 aromatic heterocycles. The molecule has 1 heterocycles. The normalized spacial score (nSPS) is 12.4. The molecule has 2 rings (SSSR count). The molecule has 0 saturated carbocycles. The van der Waals surface area contributed by atoms with E-state index in [0.29, 0.717) is 0 Å². The van der Waals surface area contributed by atoms with Gasteiger partial charge in [0.15, 0.2) is 0 Å². The number of thiophene rings is 1. The van der Waals surface area contributed by atoms with Crippen LogP contribution in [0.3, 0.4) is 0 Å². The molecule has 0 aliphatic carbocycles. The molecule has 2 aromatic rings. The Morgan fingerprint density at radius 2 is 2.00 bits per heavy atom. The Morgan fingerprint density at radius 3 is 2.56 bits per heavy atom. The fraction of sp³-hybridized carbons (Fsp3) is 0.167. The van der Waals surface area contributed by atoms with Gasteiger partial charge < -0.3 is 10.4 Å². The van der Waals surface area contributed by atoms with Gasteiger partial charge in [0.1, 0.15) is 0 Å². The van der Waals surface area contributed by atoms with Crippen molar-refractivity contribution in [1.29, 1.82) is 0 Å². The molecule has 0 bridgehead atoms. The number of hydrogen-bond acceptors (Lipinski definition) is 3. The summed E-state index contributed by atoms with van der Waals surface area (Å²) >= 11 is 5.04. The minimum Gasteiger partial charge on any atom is -0.394 e. The maximum absolute atomic E-state index is 9.35. The molecular weight excluding hydrogens is 286 g/mol. The predicted molar refractivity (Wildman–Crippen MR) is 71.9 cm³/mol. The Kier molecular flexibility index (Phi) is 3.98. The number of aliphatic hydroxyl groups excluding tert-OH is 1. The maximum atomic E-state index is 9.35. The van der Waals surface area contributed by atoms with E-state index in [0.717, 1.165) is 15.0 Å². The summed E-state index contributed by atoms with van der Waals surface area (Å²) in [6, 6.07) is 11.9. The topological polar surface area (TPSA) is 32.3 Å². The van der Waals surface area contributed by atoms with Gasteiger partial charge in [-0.3, -0.25) is 0 Å². The molecule has 0 radical (unpaired) electrons. The van der Waals surface area contributed by atoms with Crippen LogP contribution >= 0.6 is 27.3 Å². The third-order valence-electron chi connectivity index (χ3n) is 2.25. The Balaban J connectivity index is 2.10. The van der Waals surface area contributed by atoms with E-state index in [2.05, 4.69) is 21.2 Å². The first-order valence-corrected chi connectivity index (χ1v) is 6.63. The third kappa shape index (κ3) is 2.84. The first-order chi connectivity index (χ1) is 7.79. The summed E-state index contributed by atoms with van der Waals surface area (Å²) in [7, 11) is 0. The number of aliphatic hydroxyl groups is 1. The van der Waals surface area contributed by atoms with Crippen LogP contribution in [-0.4, -0.2) is 11.7 Å². The fourth-order valence-electron chi connectivity index (χ4n) is 1.44. The maximum Gasteiger partial charge on any atom is 0.0837 e. The Bertz CT molecular complexity index is 427. The van der Waals surface area contributed by atoms with Crippen molar-refractivity contribution in [3.63, 3.8) is 0 Å². The largest absolute Gasteiger partial charge is 0.394 e. The number of hydrogen-bond donors (Lipinski definition) is 2. The average molecular weight is 298 g/mol. The van der Waals surface area contributed by atoms with Gasteiger partial charge in [0.2, 0.25) is 0 Å². The van der Waals surface area contributed by atoms with Crippen LogP contribution in [0.4, 0.5) is 5.69 Å². The number of rotatable bonds is 4. The van der Waals surface area contributed by atoms with E-state index in [1.807, 2.05) is 41.8 Å². The van der Waals surface area contributed by atoms with Gasteiger partial charge in [-0.15, -0.1) is 11.3 Å². The molecule has 2 N–H and O–H groups in total. The van der Waals surface area contributed by atoms with E-state index in [-0.39, 0.29) is 12.6 Å². The summed E-state index contributed by atoms with van der Waals surface area (Å²) in [5.74, 6) is 0. The number of benzene rings is 1. The Hall–Kier alpha value is -0.840. The van der Waals surface area contributed by atoms with Crippen molar-refractivity contribution in [3.8, 4) is 0 Å². The predicted octanol–water partition coefficient (Wildman–Crippen LogP) is 3.66. The number of anilines is 1. The van der Waals surface area contributed by atoms with Crippen LogP contribution < -0.4 is 5.32 Å². The lowest BCUT2D eigenvalue weighted by Gasteiger charge is -2.16. The van der Waals surface area contributed by atoms with Gasteiger partial charge >= 0.3 is 0 Å². The van der Waals surface area contributed by atoms with E-state index >= 15 is 0 Å². The Morgan fingerprint density at radius 1 is 1.25 bits per heavy atom. The molecule has 16 heavy (non-hydrogen) atoms. The van der Waals surface area contributed by atoms with Crippen LogP contribution in [0.15, 0.2) is 46.3 Å². The van der Waals surface area contributed by atoms with Crippen molar-refractivity contribution in [2.45, 2.75) is 6.04 Å². The van der Waals surface area contributed by atoms with Crippen molar-refractivity contribution >= 4 is 33.0 Å². The van der Waals surface area contributed by atoms with Crippen LogP contribution in [0.25, 0.3) is 0 Å². The molecule has 0 aliphatic rings. The van der Waals surface area contributed by atoms with E-state index in [1.165, 1.54) is 0 Å². The van der Waals surface area contributed by atoms with Gasteiger partial charge in [-0.05, 0) is 35.7 Å². The van der Waals surface area contributed by atoms with Gasteiger partial charge in [0, 0.05) is 15.0 Å². The van der Waals surface area contributed by atoms with Crippen LogP contribution in [0, 0.1) is 0 Å². The van der Waals surface area contributed by atoms with E-state index < -0.39 is 0 Å². The summed E-state index contributed by atoms with van der Waals surface area (Å²) in [5, 5.41) is 14.7. The second kappa shape index (κ2) is 5.48. The highest BCUT2D eigenvalue weighted by molar-refractivity contribution is 9.10. The van der Waals surface area contributed by atoms with E-state index in [4.69, 9.17) is 0 Å². The molecule has 0 saturated heterocycles. The molecule has 0 spiro atoms. The zero-order valence-electron chi connectivity index (χ0n) is 8.56. The van der Waals surface area contributed by atoms with Crippen LogP contribution in [0.2, 0.25) is 0 Å². The molecule has 2 nitrogen and oxygen atoms in total. The first kappa shape index (κ1) is 11.6. The minimum atomic E-state index is -0.0267. The monoisotopic (exact) mass is 297 g/mol. The highest BCUT2D eigenvalue weighted by atomic mass is 79.9. The fourth-order valence-corrected chi connectivity index (χ4v) is 2.48. The molecule has 1 aromatic carbocycles. The minimum absolute atomic E-state index is 0.0267. The third-order valence-corrected chi connectivity index (χ3v) is 3.77. The second-order valence-electron chi connectivity index (χ2n) is 3.40. The highest BCUT2D eigenvalue weighted by Crippen LogP contribution is 2.24. The smallest absolute Gasteiger partial charge is 0.0837 e. The number of halogens is 1. The Labute approximate surface area is 107 Å². The van der Waals surface area contributed by atoms with Crippen molar-refractivity contribution < 1.29 is 5.11 Å². The molecule has 1 unspecified atom stereocenters. The zero-order valence-corrected chi connectivity index (χ0v) is 11.0. The van der Waals surface area contributed by atoms with Crippen LogP contribution in [0.1, 0.15) is 10.9 Å². The van der Waals surface area contributed by atoms with Gasteiger partial charge in [0.05, 0.1) is 12.6 Å². The first-order valence-electron chi connectivity index (χ1n) is 4.96. The lowest BCUT2D eigenvalue weighted by atomic mass is 10.2. The highest BCUT2D eigenvalue weighted by Gasteiger charge is 2.10.